The summed E-state index contributed by atoms with van der Waals surface area (Å²) in [4.78, 5) is 12.1. The number of amides is 2. The summed E-state index contributed by atoms with van der Waals surface area (Å²) in [5, 5.41) is 9.85. The third kappa shape index (κ3) is 2.84. The molecule has 22 heavy (non-hydrogen) atoms. The lowest BCUT2D eigenvalue weighted by molar-refractivity contribution is -0.126. The van der Waals surface area contributed by atoms with Gasteiger partial charge in [-0.1, -0.05) is 18.0 Å². The van der Waals surface area contributed by atoms with Crippen molar-refractivity contribution < 1.29 is 14.1 Å². The van der Waals surface area contributed by atoms with Gasteiger partial charge in [0.2, 0.25) is 0 Å². The lowest BCUT2D eigenvalue weighted by atomic mass is 9.60. The summed E-state index contributed by atoms with van der Waals surface area (Å²) in [5.74, 6) is 0.751. The molecule has 2 saturated carbocycles. The van der Waals surface area contributed by atoms with Gasteiger partial charge in [0, 0.05) is 24.1 Å². The average Bonchev–Trinajstić information content (AvgIpc) is 3.14. The number of ether oxygens (including phenoxy) is 1. The number of urea groups is 1. The van der Waals surface area contributed by atoms with Gasteiger partial charge in [0.15, 0.2) is 0 Å². The van der Waals surface area contributed by atoms with E-state index < -0.39 is 0 Å². The molecule has 2 aliphatic rings. The highest BCUT2D eigenvalue weighted by atomic mass is 16.5. The molecule has 3 rings (SSSR count). The van der Waals surface area contributed by atoms with Crippen molar-refractivity contribution in [3.63, 3.8) is 0 Å². The molecule has 2 atom stereocenters. The van der Waals surface area contributed by atoms with Crippen LogP contribution in [-0.4, -0.2) is 29.9 Å². The first kappa shape index (κ1) is 15.3. The fourth-order valence-corrected chi connectivity index (χ4v) is 3.97. The molecule has 0 aromatic carbocycles. The number of rotatable bonds is 5. The molecule has 0 bridgehead atoms. The van der Waals surface area contributed by atoms with Gasteiger partial charge in [-0.15, -0.1) is 0 Å². The predicted molar refractivity (Wildman–Crippen MR) is 81.3 cm³/mol. The number of aryl methyl sites for hydroxylation is 1. The van der Waals surface area contributed by atoms with Crippen LogP contribution in [0, 0.1) is 12.3 Å². The maximum absolute atomic E-state index is 12.1. The molecule has 2 fully saturated rings. The Hall–Kier alpha value is -1.56. The van der Waals surface area contributed by atoms with E-state index in [4.69, 9.17) is 9.26 Å². The van der Waals surface area contributed by atoms with Gasteiger partial charge in [-0.3, -0.25) is 0 Å². The molecule has 0 aliphatic heterocycles. The minimum absolute atomic E-state index is 0.133. The third-order valence-electron chi connectivity index (χ3n) is 5.10. The maximum Gasteiger partial charge on any atom is 0.315 e. The van der Waals surface area contributed by atoms with Crippen LogP contribution in [0.4, 0.5) is 4.79 Å². The molecule has 1 spiro atoms. The van der Waals surface area contributed by atoms with E-state index in [9.17, 15) is 4.79 Å². The summed E-state index contributed by atoms with van der Waals surface area (Å²) in [6.45, 7) is 5.01. The number of carbonyl (C=O) groups excluding carboxylic acids is 1. The first-order valence-electron chi connectivity index (χ1n) is 8.22. The summed E-state index contributed by atoms with van der Waals surface area (Å²) in [6.07, 6.45) is 6.02. The summed E-state index contributed by atoms with van der Waals surface area (Å²) in [6, 6.07) is 1.92. The van der Waals surface area contributed by atoms with Crippen molar-refractivity contribution >= 4 is 6.03 Å². The zero-order valence-electron chi connectivity index (χ0n) is 13.4. The first-order chi connectivity index (χ1) is 10.6. The smallest absolute Gasteiger partial charge is 0.315 e. The van der Waals surface area contributed by atoms with Crippen LogP contribution in [0.15, 0.2) is 10.6 Å². The summed E-state index contributed by atoms with van der Waals surface area (Å²) in [7, 11) is 0. The molecule has 1 aromatic heterocycles. The topological polar surface area (TPSA) is 76.4 Å². The summed E-state index contributed by atoms with van der Waals surface area (Å²) in [5.41, 5.74) is 0.904. The monoisotopic (exact) mass is 307 g/mol. The summed E-state index contributed by atoms with van der Waals surface area (Å²) >= 11 is 0. The molecular formula is C16H25N3O3. The van der Waals surface area contributed by atoms with Crippen LogP contribution in [0.2, 0.25) is 0 Å². The Balaban J connectivity index is 1.51. The number of carbonyl (C=O) groups is 1. The quantitative estimate of drug-likeness (QED) is 0.876. The molecule has 1 heterocycles. The van der Waals surface area contributed by atoms with Gasteiger partial charge in [0.1, 0.15) is 11.5 Å². The van der Waals surface area contributed by atoms with Gasteiger partial charge in [-0.2, -0.15) is 0 Å². The number of aromatic nitrogens is 1. The fourth-order valence-electron chi connectivity index (χ4n) is 3.97. The number of hydrogen-bond donors (Lipinski definition) is 2. The summed E-state index contributed by atoms with van der Waals surface area (Å²) < 4.78 is 10.9. The van der Waals surface area contributed by atoms with Gasteiger partial charge in [0.25, 0.3) is 0 Å². The van der Waals surface area contributed by atoms with Gasteiger partial charge in [-0.25, -0.2) is 4.79 Å². The van der Waals surface area contributed by atoms with Crippen molar-refractivity contribution in [2.24, 2.45) is 5.41 Å². The van der Waals surface area contributed by atoms with E-state index in [1.165, 1.54) is 12.8 Å². The Morgan fingerprint density at radius 2 is 2.27 bits per heavy atom. The highest BCUT2D eigenvalue weighted by Crippen LogP contribution is 2.54. The van der Waals surface area contributed by atoms with E-state index in [1.807, 2.05) is 19.9 Å². The molecule has 0 saturated heterocycles. The van der Waals surface area contributed by atoms with Crippen molar-refractivity contribution in [1.29, 1.82) is 0 Å². The Morgan fingerprint density at radius 3 is 2.91 bits per heavy atom. The molecule has 122 valence electrons. The third-order valence-corrected chi connectivity index (χ3v) is 5.10. The first-order valence-corrected chi connectivity index (χ1v) is 8.22. The lowest BCUT2D eigenvalue weighted by Gasteiger charge is -2.53. The molecule has 0 unspecified atom stereocenters. The molecule has 2 N–H and O–H groups in total. The van der Waals surface area contributed by atoms with E-state index >= 15 is 0 Å². The molecule has 1 aromatic rings. The Morgan fingerprint density at radius 1 is 1.50 bits per heavy atom. The Labute approximate surface area is 131 Å². The zero-order valence-corrected chi connectivity index (χ0v) is 13.4. The number of nitrogens with zero attached hydrogens (tertiary/aromatic N) is 1. The van der Waals surface area contributed by atoms with Gasteiger partial charge < -0.3 is 19.9 Å². The average molecular weight is 307 g/mol. The van der Waals surface area contributed by atoms with Gasteiger partial charge >= 0.3 is 6.03 Å². The van der Waals surface area contributed by atoms with Crippen LogP contribution < -0.4 is 10.6 Å². The molecule has 2 aliphatic carbocycles. The highest BCUT2D eigenvalue weighted by molar-refractivity contribution is 5.74. The van der Waals surface area contributed by atoms with Crippen molar-refractivity contribution in [1.82, 2.24) is 15.8 Å². The second kappa shape index (κ2) is 6.28. The van der Waals surface area contributed by atoms with Crippen LogP contribution in [0.25, 0.3) is 0 Å². The minimum Gasteiger partial charge on any atom is -0.378 e. The Kier molecular flexibility index (Phi) is 4.38. The second-order valence-electron chi connectivity index (χ2n) is 6.43. The molecule has 2 amide bonds. The predicted octanol–water partition coefficient (Wildman–Crippen LogP) is 2.52. The van der Waals surface area contributed by atoms with E-state index in [0.29, 0.717) is 12.6 Å². The van der Waals surface area contributed by atoms with Crippen LogP contribution in [0.1, 0.15) is 50.5 Å². The van der Waals surface area contributed by atoms with E-state index in [0.717, 1.165) is 37.3 Å². The van der Waals surface area contributed by atoms with Crippen LogP contribution >= 0.6 is 0 Å². The van der Waals surface area contributed by atoms with Gasteiger partial charge in [-0.05, 0) is 33.1 Å². The van der Waals surface area contributed by atoms with Crippen LogP contribution in [0.5, 0.6) is 0 Å². The van der Waals surface area contributed by atoms with Crippen LogP contribution in [0.3, 0.4) is 0 Å². The Bertz CT molecular complexity index is 522. The normalized spacial score (nSPS) is 25.9. The SMILES string of the molecule is CCO[C@@H]1C[C@H](NC(=O)NCc2cc(C)on2)C12CCCC2. The van der Waals surface area contributed by atoms with E-state index in [-0.39, 0.29) is 17.5 Å². The lowest BCUT2D eigenvalue weighted by Crippen LogP contribution is -2.64. The molecule has 6 nitrogen and oxygen atoms in total. The fraction of sp³-hybridized carbons (Fsp3) is 0.750. The van der Waals surface area contributed by atoms with Crippen molar-refractivity contribution in [2.75, 3.05) is 6.61 Å². The van der Waals surface area contributed by atoms with Gasteiger partial charge in [0.05, 0.1) is 12.6 Å². The number of hydrogen-bond acceptors (Lipinski definition) is 4. The maximum atomic E-state index is 12.1. The largest absolute Gasteiger partial charge is 0.378 e. The van der Waals surface area contributed by atoms with Crippen LogP contribution in [-0.2, 0) is 11.3 Å². The second-order valence-corrected chi connectivity index (χ2v) is 6.43. The van der Waals surface area contributed by atoms with E-state index in [2.05, 4.69) is 15.8 Å². The highest BCUT2D eigenvalue weighted by Gasteiger charge is 2.57. The molecule has 6 heteroatoms. The zero-order chi connectivity index (χ0) is 15.6. The van der Waals surface area contributed by atoms with Crippen molar-refractivity contribution in [3.8, 4) is 0 Å². The minimum atomic E-state index is -0.133. The standard InChI is InChI=1S/C16H25N3O3/c1-3-21-14-9-13(16(14)6-4-5-7-16)18-15(20)17-10-12-8-11(2)22-19-12/h8,13-14H,3-7,9-10H2,1-2H3,(H2,17,18,20)/t13-,14+/m0/s1. The van der Waals surface area contributed by atoms with Crippen molar-refractivity contribution in [2.45, 2.75) is 64.6 Å². The number of nitrogens with one attached hydrogen (secondary N) is 2. The molecule has 0 radical (unpaired) electrons. The molecular weight excluding hydrogens is 282 g/mol. The van der Waals surface area contributed by atoms with E-state index in [1.54, 1.807) is 0 Å². The van der Waals surface area contributed by atoms with Crippen molar-refractivity contribution in [3.05, 3.63) is 17.5 Å².